The normalized spacial score (nSPS) is 18.1. The molecule has 1 heterocycles. The van der Waals surface area contributed by atoms with Crippen molar-refractivity contribution in [2.24, 2.45) is 0 Å². The number of allylic oxidation sites excluding steroid dienone is 1. The molecular weight excluding hydrogens is 232 g/mol. The van der Waals surface area contributed by atoms with E-state index >= 15 is 0 Å². The number of nitrogens with one attached hydrogen (secondary N) is 1. The van der Waals surface area contributed by atoms with Gasteiger partial charge in [0.25, 0.3) is 0 Å². The number of likely N-dealkylation sites (tertiary alicyclic amines) is 1. The smallest absolute Gasteiger partial charge is 0.317 e. The van der Waals surface area contributed by atoms with Crippen molar-refractivity contribution < 1.29 is 14.7 Å². The molecule has 2 N–H and O–H groups in total. The van der Waals surface area contributed by atoms with Gasteiger partial charge >= 0.3 is 5.97 Å². The number of carbonyl (C=O) groups is 2. The highest BCUT2D eigenvalue weighted by atomic mass is 16.4. The summed E-state index contributed by atoms with van der Waals surface area (Å²) in [5, 5.41) is 11.7. The van der Waals surface area contributed by atoms with Crippen LogP contribution in [0, 0.1) is 0 Å². The van der Waals surface area contributed by atoms with Gasteiger partial charge in [0.1, 0.15) is 0 Å². The first-order valence-electron chi connectivity index (χ1n) is 6.50. The fourth-order valence-electron chi connectivity index (χ4n) is 2.07. The van der Waals surface area contributed by atoms with Crippen LogP contribution >= 0.6 is 0 Å². The van der Waals surface area contributed by atoms with Crippen molar-refractivity contribution in [2.45, 2.75) is 38.6 Å². The molecule has 18 heavy (non-hydrogen) atoms. The first-order chi connectivity index (χ1) is 8.61. The van der Waals surface area contributed by atoms with Crippen LogP contribution in [0.15, 0.2) is 12.2 Å². The Balaban J connectivity index is 2.20. The number of piperidine rings is 1. The van der Waals surface area contributed by atoms with E-state index in [9.17, 15) is 9.59 Å². The highest BCUT2D eigenvalue weighted by molar-refractivity contribution is 5.77. The molecule has 0 radical (unpaired) electrons. The van der Waals surface area contributed by atoms with Crippen molar-refractivity contribution in [1.82, 2.24) is 10.2 Å². The van der Waals surface area contributed by atoms with Crippen LogP contribution in [-0.2, 0) is 9.59 Å². The predicted molar refractivity (Wildman–Crippen MR) is 69.3 cm³/mol. The van der Waals surface area contributed by atoms with Gasteiger partial charge in [-0.25, -0.2) is 0 Å². The average Bonchev–Trinajstić information content (AvgIpc) is 2.31. The zero-order valence-corrected chi connectivity index (χ0v) is 10.9. The number of hydrogen-bond donors (Lipinski definition) is 2. The maximum absolute atomic E-state index is 11.6. The molecular formula is C13H22N2O3. The molecule has 0 aromatic carbocycles. The summed E-state index contributed by atoms with van der Waals surface area (Å²) in [6, 6.07) is 0.192. The summed E-state index contributed by atoms with van der Waals surface area (Å²) < 4.78 is 0. The van der Waals surface area contributed by atoms with Gasteiger partial charge in [-0.05, 0) is 19.3 Å². The maximum atomic E-state index is 11.6. The number of nitrogens with zero attached hydrogens (tertiary/aromatic N) is 1. The Bertz CT molecular complexity index is 307. The highest BCUT2D eigenvalue weighted by Crippen LogP contribution is 2.10. The molecule has 0 aromatic heterocycles. The minimum atomic E-state index is -0.790. The van der Waals surface area contributed by atoms with Crippen LogP contribution < -0.4 is 5.32 Å². The Hall–Kier alpha value is -1.36. The summed E-state index contributed by atoms with van der Waals surface area (Å²) >= 11 is 0. The number of carbonyl (C=O) groups excluding carboxylic acids is 1. The summed E-state index contributed by atoms with van der Waals surface area (Å²) in [5.74, 6) is -0.737. The molecule has 5 nitrogen and oxygen atoms in total. The first kappa shape index (κ1) is 14.7. The van der Waals surface area contributed by atoms with Gasteiger partial charge in [0.05, 0.1) is 6.54 Å². The third-order valence-corrected chi connectivity index (χ3v) is 3.02. The van der Waals surface area contributed by atoms with E-state index in [-0.39, 0.29) is 18.5 Å². The van der Waals surface area contributed by atoms with Crippen molar-refractivity contribution >= 4 is 11.9 Å². The quantitative estimate of drug-likeness (QED) is 0.694. The van der Waals surface area contributed by atoms with Crippen molar-refractivity contribution in [3.63, 3.8) is 0 Å². The molecule has 102 valence electrons. The van der Waals surface area contributed by atoms with Gasteiger partial charge in [-0.15, -0.1) is 0 Å². The summed E-state index contributed by atoms with van der Waals surface area (Å²) in [6.07, 6.45) is 6.90. The molecule has 1 aliphatic heterocycles. The van der Waals surface area contributed by atoms with Crippen LogP contribution in [0.2, 0.25) is 0 Å². The second kappa shape index (κ2) is 7.87. The van der Waals surface area contributed by atoms with E-state index in [2.05, 4.69) is 5.32 Å². The first-order valence-corrected chi connectivity index (χ1v) is 6.50. The van der Waals surface area contributed by atoms with Crippen molar-refractivity contribution in [3.05, 3.63) is 12.2 Å². The molecule has 1 rings (SSSR count). The van der Waals surface area contributed by atoms with E-state index in [0.29, 0.717) is 6.42 Å². The molecule has 0 aromatic rings. The summed E-state index contributed by atoms with van der Waals surface area (Å²) in [4.78, 5) is 24.0. The molecule has 0 saturated carbocycles. The van der Waals surface area contributed by atoms with Crippen molar-refractivity contribution in [3.8, 4) is 0 Å². The Labute approximate surface area is 108 Å². The predicted octanol–water partition coefficient (Wildman–Crippen LogP) is 1.01. The van der Waals surface area contributed by atoms with Gasteiger partial charge in [-0.2, -0.15) is 0 Å². The summed E-state index contributed by atoms with van der Waals surface area (Å²) in [7, 11) is 0. The number of carboxylic acid groups (broad SMARTS) is 1. The summed E-state index contributed by atoms with van der Waals surface area (Å²) in [5.41, 5.74) is 0. The average molecular weight is 254 g/mol. The zero-order valence-electron chi connectivity index (χ0n) is 10.9. The van der Waals surface area contributed by atoms with Gasteiger partial charge in [-0.3, -0.25) is 14.5 Å². The lowest BCUT2D eigenvalue weighted by molar-refractivity contribution is -0.138. The van der Waals surface area contributed by atoms with Gasteiger partial charge in [0.15, 0.2) is 0 Å². The standard InChI is InChI=1S/C13H22N2O3/c1-2-3-4-5-12(16)14-11-6-8-15(9-7-11)10-13(17)18/h3-4,11H,2,5-10H2,1H3,(H,14,16)(H,17,18)/b4-3+. The lowest BCUT2D eigenvalue weighted by Crippen LogP contribution is -2.45. The van der Waals surface area contributed by atoms with Crippen LogP contribution in [0.5, 0.6) is 0 Å². The Morgan fingerprint density at radius 2 is 2.00 bits per heavy atom. The van der Waals surface area contributed by atoms with Crippen LogP contribution in [0.3, 0.4) is 0 Å². The molecule has 0 atom stereocenters. The third-order valence-electron chi connectivity index (χ3n) is 3.02. The second-order valence-corrected chi connectivity index (χ2v) is 4.60. The Morgan fingerprint density at radius 3 is 2.56 bits per heavy atom. The number of aliphatic carboxylic acids is 1. The maximum Gasteiger partial charge on any atom is 0.317 e. The molecule has 0 unspecified atom stereocenters. The van der Waals surface area contributed by atoms with Crippen LogP contribution in [0.1, 0.15) is 32.6 Å². The number of hydrogen-bond acceptors (Lipinski definition) is 3. The zero-order chi connectivity index (χ0) is 13.4. The highest BCUT2D eigenvalue weighted by Gasteiger charge is 2.21. The second-order valence-electron chi connectivity index (χ2n) is 4.60. The van der Waals surface area contributed by atoms with E-state index in [1.165, 1.54) is 0 Å². The minimum Gasteiger partial charge on any atom is -0.480 e. The van der Waals surface area contributed by atoms with Crippen LogP contribution in [-0.4, -0.2) is 47.6 Å². The van der Waals surface area contributed by atoms with Gasteiger partial charge in [0, 0.05) is 25.6 Å². The fraction of sp³-hybridized carbons (Fsp3) is 0.692. The molecule has 1 saturated heterocycles. The SMILES string of the molecule is CC/C=C/CC(=O)NC1CCN(CC(=O)O)CC1. The molecule has 5 heteroatoms. The van der Waals surface area contributed by atoms with E-state index in [1.807, 2.05) is 24.0 Å². The lowest BCUT2D eigenvalue weighted by atomic mass is 10.0. The third kappa shape index (κ3) is 5.82. The van der Waals surface area contributed by atoms with Gasteiger partial charge in [-0.1, -0.05) is 19.1 Å². The van der Waals surface area contributed by atoms with Gasteiger partial charge in [0.2, 0.25) is 5.91 Å². The monoisotopic (exact) mass is 254 g/mol. The minimum absolute atomic E-state index is 0.0522. The van der Waals surface area contributed by atoms with E-state index < -0.39 is 5.97 Å². The molecule has 1 aliphatic rings. The van der Waals surface area contributed by atoms with Crippen molar-refractivity contribution in [2.75, 3.05) is 19.6 Å². The molecule has 0 spiro atoms. The number of carboxylic acids is 1. The number of amides is 1. The van der Waals surface area contributed by atoms with E-state index in [0.717, 1.165) is 32.4 Å². The van der Waals surface area contributed by atoms with Gasteiger partial charge < -0.3 is 10.4 Å². The number of rotatable bonds is 6. The summed E-state index contributed by atoms with van der Waals surface area (Å²) in [6.45, 7) is 3.61. The topological polar surface area (TPSA) is 69.6 Å². The Morgan fingerprint density at radius 1 is 1.33 bits per heavy atom. The van der Waals surface area contributed by atoms with Crippen LogP contribution in [0.25, 0.3) is 0 Å². The molecule has 1 amide bonds. The van der Waals surface area contributed by atoms with E-state index in [4.69, 9.17) is 5.11 Å². The Kier molecular flexibility index (Phi) is 6.43. The largest absolute Gasteiger partial charge is 0.480 e. The van der Waals surface area contributed by atoms with E-state index in [1.54, 1.807) is 0 Å². The van der Waals surface area contributed by atoms with Crippen LogP contribution in [0.4, 0.5) is 0 Å². The fourth-order valence-corrected chi connectivity index (χ4v) is 2.07. The molecule has 0 bridgehead atoms. The molecule has 0 aliphatic carbocycles. The van der Waals surface area contributed by atoms with Crippen molar-refractivity contribution in [1.29, 1.82) is 0 Å². The molecule has 1 fully saturated rings. The lowest BCUT2D eigenvalue weighted by Gasteiger charge is -2.31.